The van der Waals surface area contributed by atoms with Crippen molar-refractivity contribution < 1.29 is 14.7 Å². The minimum atomic E-state index is -0.944. The smallest absolute Gasteiger partial charge is 0.326 e. The van der Waals surface area contributed by atoms with Gasteiger partial charge in [0.1, 0.15) is 6.04 Å². The van der Waals surface area contributed by atoms with E-state index < -0.39 is 12.0 Å². The molecule has 0 bridgehead atoms. The van der Waals surface area contributed by atoms with Crippen molar-refractivity contribution in [3.05, 3.63) is 0 Å². The highest BCUT2D eigenvalue weighted by atomic mass is 16.4. The van der Waals surface area contributed by atoms with Crippen molar-refractivity contribution in [2.45, 2.75) is 26.3 Å². The van der Waals surface area contributed by atoms with Gasteiger partial charge in [0.15, 0.2) is 0 Å². The predicted molar refractivity (Wildman–Crippen MR) is 63.4 cm³/mol. The van der Waals surface area contributed by atoms with Crippen molar-refractivity contribution in [1.29, 1.82) is 0 Å². The van der Waals surface area contributed by atoms with Gasteiger partial charge in [-0.25, -0.2) is 9.59 Å². The van der Waals surface area contributed by atoms with Gasteiger partial charge in [-0.1, -0.05) is 12.8 Å². The van der Waals surface area contributed by atoms with Crippen molar-refractivity contribution in [2.75, 3.05) is 19.6 Å². The van der Waals surface area contributed by atoms with E-state index >= 15 is 0 Å². The van der Waals surface area contributed by atoms with Crippen LogP contribution in [0.25, 0.3) is 0 Å². The van der Waals surface area contributed by atoms with Crippen molar-refractivity contribution >= 4 is 12.0 Å². The normalized spacial score (nSPS) is 23.2. The third kappa shape index (κ3) is 2.70. The molecule has 1 N–H and O–H groups in total. The Morgan fingerprint density at radius 3 is 2.71 bits per heavy atom. The average molecular weight is 238 g/mol. The fourth-order valence-corrected chi connectivity index (χ4v) is 2.14. The Morgan fingerprint density at radius 2 is 2.24 bits per heavy atom. The van der Waals surface area contributed by atoms with E-state index in [-0.39, 0.29) is 18.5 Å². The number of rotatable bonds is 3. The molecule has 17 heavy (non-hydrogen) atoms. The number of nitrogens with zero attached hydrogens (tertiary/aromatic N) is 2. The molecule has 5 nitrogen and oxygen atoms in total. The molecule has 0 aromatic heterocycles. The Hall–Kier alpha value is -1.70. The van der Waals surface area contributed by atoms with E-state index in [4.69, 9.17) is 11.5 Å². The molecule has 1 saturated heterocycles. The molecule has 2 atom stereocenters. The van der Waals surface area contributed by atoms with Crippen LogP contribution in [0.1, 0.15) is 20.3 Å². The first-order valence-electron chi connectivity index (χ1n) is 5.74. The van der Waals surface area contributed by atoms with Crippen LogP contribution in [0.3, 0.4) is 0 Å². The highest BCUT2D eigenvalue weighted by Gasteiger charge is 2.40. The van der Waals surface area contributed by atoms with Crippen molar-refractivity contribution in [1.82, 2.24) is 9.80 Å². The summed E-state index contributed by atoms with van der Waals surface area (Å²) in [5.74, 6) is 1.45. The summed E-state index contributed by atoms with van der Waals surface area (Å²) in [6, 6.07) is -1.00. The SMILES string of the molecule is C#CCN(CC)C(=O)N1CCC(C)C1C(=O)O. The lowest BCUT2D eigenvalue weighted by atomic mass is 10.0. The molecule has 1 rings (SSSR count). The van der Waals surface area contributed by atoms with E-state index in [1.54, 1.807) is 0 Å². The van der Waals surface area contributed by atoms with Gasteiger partial charge in [0.05, 0.1) is 6.54 Å². The third-order valence-electron chi connectivity index (χ3n) is 3.13. The standard InChI is InChI=1S/C12H18N2O3/c1-4-7-13(5-2)12(17)14-8-6-9(3)10(14)11(15)16/h1,9-10H,5-8H2,2-3H3,(H,15,16). The fourth-order valence-electron chi connectivity index (χ4n) is 2.14. The third-order valence-corrected chi connectivity index (χ3v) is 3.13. The number of likely N-dealkylation sites (tertiary alicyclic amines) is 1. The molecule has 1 heterocycles. The molecule has 0 saturated carbocycles. The maximum Gasteiger partial charge on any atom is 0.326 e. The topological polar surface area (TPSA) is 60.9 Å². The van der Waals surface area contributed by atoms with Gasteiger partial charge < -0.3 is 14.9 Å². The number of carbonyl (C=O) groups excluding carboxylic acids is 1. The number of aliphatic carboxylic acids is 1. The zero-order valence-electron chi connectivity index (χ0n) is 10.2. The first-order chi connectivity index (χ1) is 8.02. The lowest BCUT2D eigenvalue weighted by Crippen LogP contribution is -2.49. The van der Waals surface area contributed by atoms with Crippen LogP contribution >= 0.6 is 0 Å². The van der Waals surface area contributed by atoms with E-state index in [1.165, 1.54) is 9.80 Å². The minimum absolute atomic E-state index is 0.0130. The summed E-state index contributed by atoms with van der Waals surface area (Å²) in [5.41, 5.74) is 0. The van der Waals surface area contributed by atoms with Crippen LogP contribution in [-0.2, 0) is 4.79 Å². The van der Waals surface area contributed by atoms with Crippen LogP contribution in [0.4, 0.5) is 4.79 Å². The Bertz CT molecular complexity index is 348. The van der Waals surface area contributed by atoms with Crippen LogP contribution in [0.15, 0.2) is 0 Å². The van der Waals surface area contributed by atoms with Crippen molar-refractivity contribution in [3.63, 3.8) is 0 Å². The van der Waals surface area contributed by atoms with Gasteiger partial charge in [-0.3, -0.25) is 0 Å². The summed E-state index contributed by atoms with van der Waals surface area (Å²) < 4.78 is 0. The summed E-state index contributed by atoms with van der Waals surface area (Å²) in [6.07, 6.45) is 5.90. The predicted octanol–water partition coefficient (Wildman–Crippen LogP) is 0.856. The largest absolute Gasteiger partial charge is 0.480 e. The van der Waals surface area contributed by atoms with Gasteiger partial charge in [0.25, 0.3) is 0 Å². The Balaban J connectivity index is 2.81. The molecule has 2 amide bonds. The molecule has 0 aliphatic carbocycles. The van der Waals surface area contributed by atoms with Gasteiger partial charge in [-0.15, -0.1) is 6.42 Å². The molecule has 1 aliphatic heterocycles. The van der Waals surface area contributed by atoms with E-state index in [1.807, 2.05) is 13.8 Å². The summed E-state index contributed by atoms with van der Waals surface area (Å²) >= 11 is 0. The van der Waals surface area contributed by atoms with Crippen molar-refractivity contribution in [2.24, 2.45) is 5.92 Å². The molecular weight excluding hydrogens is 220 g/mol. The molecule has 0 radical (unpaired) electrons. The molecule has 5 heteroatoms. The van der Waals surface area contributed by atoms with Gasteiger partial charge in [-0.2, -0.15) is 0 Å². The van der Waals surface area contributed by atoms with E-state index in [0.717, 1.165) is 6.42 Å². The van der Waals surface area contributed by atoms with E-state index in [0.29, 0.717) is 13.1 Å². The Morgan fingerprint density at radius 1 is 1.59 bits per heavy atom. The monoisotopic (exact) mass is 238 g/mol. The quantitative estimate of drug-likeness (QED) is 0.742. The van der Waals surface area contributed by atoms with E-state index in [9.17, 15) is 9.59 Å². The van der Waals surface area contributed by atoms with Gasteiger partial charge in [-0.05, 0) is 19.3 Å². The molecule has 2 unspecified atom stereocenters. The first-order valence-corrected chi connectivity index (χ1v) is 5.74. The van der Waals surface area contributed by atoms with Gasteiger partial charge in [0, 0.05) is 13.1 Å². The number of amides is 2. The highest BCUT2D eigenvalue weighted by Crippen LogP contribution is 2.25. The molecule has 1 fully saturated rings. The van der Waals surface area contributed by atoms with Crippen LogP contribution in [0.2, 0.25) is 0 Å². The second-order valence-electron chi connectivity index (χ2n) is 4.24. The number of hydrogen-bond acceptors (Lipinski definition) is 2. The zero-order chi connectivity index (χ0) is 13.0. The Labute approximate surface area is 101 Å². The summed E-state index contributed by atoms with van der Waals surface area (Å²) in [4.78, 5) is 26.2. The van der Waals surface area contributed by atoms with Crippen LogP contribution in [0, 0.1) is 18.3 Å². The maximum absolute atomic E-state index is 12.1. The molecule has 94 valence electrons. The Kier molecular flexibility index (Phi) is 4.38. The fraction of sp³-hybridized carbons (Fsp3) is 0.667. The van der Waals surface area contributed by atoms with Crippen LogP contribution in [0.5, 0.6) is 0 Å². The average Bonchev–Trinajstić information content (AvgIpc) is 2.67. The minimum Gasteiger partial charge on any atom is -0.480 e. The van der Waals surface area contributed by atoms with Gasteiger partial charge >= 0.3 is 12.0 Å². The molecule has 1 aliphatic rings. The molecule has 0 aromatic rings. The zero-order valence-corrected chi connectivity index (χ0v) is 10.2. The number of hydrogen-bond donors (Lipinski definition) is 1. The summed E-state index contributed by atoms with van der Waals surface area (Å²) in [7, 11) is 0. The molecule has 0 spiro atoms. The number of terminal acetylenes is 1. The summed E-state index contributed by atoms with van der Waals surface area (Å²) in [6.45, 7) is 4.86. The lowest BCUT2D eigenvalue weighted by molar-refractivity contribution is -0.142. The van der Waals surface area contributed by atoms with Crippen LogP contribution < -0.4 is 0 Å². The number of carboxylic acids is 1. The highest BCUT2D eigenvalue weighted by molar-refractivity contribution is 5.83. The van der Waals surface area contributed by atoms with Gasteiger partial charge in [0.2, 0.25) is 0 Å². The molecular formula is C12H18N2O3. The number of carbonyl (C=O) groups is 2. The van der Waals surface area contributed by atoms with E-state index in [2.05, 4.69) is 5.92 Å². The lowest BCUT2D eigenvalue weighted by Gasteiger charge is -2.29. The number of urea groups is 1. The second kappa shape index (κ2) is 5.58. The van der Waals surface area contributed by atoms with Crippen molar-refractivity contribution in [3.8, 4) is 12.3 Å². The second-order valence-corrected chi connectivity index (χ2v) is 4.24. The maximum atomic E-state index is 12.1. The molecule has 0 aromatic carbocycles. The first kappa shape index (κ1) is 13.4. The number of carboxylic acid groups (broad SMARTS) is 1. The summed E-state index contributed by atoms with van der Waals surface area (Å²) in [5, 5.41) is 9.13. The van der Waals surface area contributed by atoms with Crippen LogP contribution in [-0.4, -0.2) is 52.6 Å².